The number of halogens is 2. The third kappa shape index (κ3) is 3.63. The maximum atomic E-state index is 12.5. The highest BCUT2D eigenvalue weighted by atomic mass is 35.5. The van der Waals surface area contributed by atoms with Gasteiger partial charge < -0.3 is 4.90 Å². The Bertz CT molecular complexity index is 495. The summed E-state index contributed by atoms with van der Waals surface area (Å²) in [7, 11) is 0. The summed E-state index contributed by atoms with van der Waals surface area (Å²) >= 11 is 13.8. The Labute approximate surface area is 134 Å². The van der Waals surface area contributed by atoms with Gasteiger partial charge in [-0.05, 0) is 49.0 Å². The third-order valence-electron chi connectivity index (χ3n) is 3.81. The van der Waals surface area contributed by atoms with E-state index >= 15 is 0 Å². The van der Waals surface area contributed by atoms with Crippen molar-refractivity contribution in [3.63, 3.8) is 0 Å². The van der Waals surface area contributed by atoms with Gasteiger partial charge in [-0.2, -0.15) is 11.8 Å². The maximum absolute atomic E-state index is 12.5. The number of carbonyl (C=O) groups is 1. The van der Waals surface area contributed by atoms with E-state index in [0.717, 1.165) is 30.8 Å². The highest BCUT2D eigenvalue weighted by Gasteiger charge is 2.29. The van der Waals surface area contributed by atoms with Crippen LogP contribution in [0.5, 0.6) is 0 Å². The predicted octanol–water partition coefficient (Wildman–Crippen LogP) is 4.31. The molecule has 2 rings (SSSR count). The molecule has 0 unspecified atom stereocenters. The Morgan fingerprint density at radius 3 is 2.85 bits per heavy atom. The minimum atomic E-state index is -0.169. The van der Waals surface area contributed by atoms with E-state index in [1.807, 2.05) is 29.7 Å². The molecule has 1 aliphatic heterocycles. The second-order valence-electron chi connectivity index (χ2n) is 5.29. The highest BCUT2D eigenvalue weighted by molar-refractivity contribution is 7.98. The lowest BCUT2D eigenvalue weighted by Gasteiger charge is -2.21. The lowest BCUT2D eigenvalue weighted by atomic mass is 10.00. The third-order valence-corrected chi connectivity index (χ3v) is 5.36. The van der Waals surface area contributed by atoms with Crippen LogP contribution in [0.4, 0.5) is 0 Å². The molecule has 1 aliphatic rings. The van der Waals surface area contributed by atoms with Crippen molar-refractivity contribution >= 4 is 40.9 Å². The first-order valence-electron chi connectivity index (χ1n) is 6.75. The van der Waals surface area contributed by atoms with Crippen LogP contribution in [0.1, 0.15) is 24.8 Å². The number of rotatable bonds is 4. The SMILES string of the molecule is CSC[C@H]1CCN(C(=O)[C@@H](C)c2ccc(Cl)c(Cl)c2)C1. The van der Waals surface area contributed by atoms with Crippen molar-refractivity contribution in [3.05, 3.63) is 33.8 Å². The fourth-order valence-corrected chi connectivity index (χ4v) is 3.65. The molecule has 2 nitrogen and oxygen atoms in total. The molecule has 0 aliphatic carbocycles. The van der Waals surface area contributed by atoms with Gasteiger partial charge in [-0.3, -0.25) is 4.79 Å². The van der Waals surface area contributed by atoms with E-state index in [9.17, 15) is 4.79 Å². The largest absolute Gasteiger partial charge is 0.342 e. The van der Waals surface area contributed by atoms with E-state index < -0.39 is 0 Å². The predicted molar refractivity (Wildman–Crippen MR) is 87.9 cm³/mol. The molecule has 2 atom stereocenters. The quantitative estimate of drug-likeness (QED) is 0.819. The van der Waals surface area contributed by atoms with Crippen LogP contribution in [0.3, 0.4) is 0 Å². The zero-order valence-electron chi connectivity index (χ0n) is 11.7. The van der Waals surface area contributed by atoms with Crippen LogP contribution in [-0.2, 0) is 4.79 Å². The normalized spacial score (nSPS) is 20.2. The van der Waals surface area contributed by atoms with Gasteiger partial charge in [0.2, 0.25) is 5.91 Å². The van der Waals surface area contributed by atoms with Crippen molar-refractivity contribution < 1.29 is 4.79 Å². The molecular weight excluding hydrogens is 313 g/mol. The Morgan fingerprint density at radius 1 is 1.45 bits per heavy atom. The van der Waals surface area contributed by atoms with Gasteiger partial charge in [-0.1, -0.05) is 29.3 Å². The summed E-state index contributed by atoms with van der Waals surface area (Å²) in [5.74, 6) is 1.78. The summed E-state index contributed by atoms with van der Waals surface area (Å²) in [6, 6.07) is 5.43. The molecule has 1 fully saturated rings. The molecule has 1 amide bonds. The number of amides is 1. The molecular formula is C15H19Cl2NOS. The van der Waals surface area contributed by atoms with Crippen LogP contribution in [-0.4, -0.2) is 35.9 Å². The molecule has 20 heavy (non-hydrogen) atoms. The molecule has 0 saturated carbocycles. The van der Waals surface area contributed by atoms with Crippen LogP contribution in [0.2, 0.25) is 10.0 Å². The first kappa shape index (κ1) is 16.0. The molecule has 1 aromatic carbocycles. The Balaban J connectivity index is 2.03. The zero-order chi connectivity index (χ0) is 14.7. The lowest BCUT2D eigenvalue weighted by Crippen LogP contribution is -2.32. The van der Waals surface area contributed by atoms with E-state index in [-0.39, 0.29) is 11.8 Å². The average Bonchev–Trinajstić information content (AvgIpc) is 2.89. The molecule has 0 radical (unpaired) electrons. The van der Waals surface area contributed by atoms with Crippen molar-refractivity contribution in [2.24, 2.45) is 5.92 Å². The molecule has 0 aromatic heterocycles. The van der Waals surface area contributed by atoms with Gasteiger partial charge >= 0.3 is 0 Å². The topological polar surface area (TPSA) is 20.3 Å². The number of hydrogen-bond donors (Lipinski definition) is 0. The number of likely N-dealkylation sites (tertiary alicyclic amines) is 1. The van der Waals surface area contributed by atoms with Crippen LogP contribution in [0, 0.1) is 5.92 Å². The van der Waals surface area contributed by atoms with Crippen molar-refractivity contribution in [1.82, 2.24) is 4.90 Å². The maximum Gasteiger partial charge on any atom is 0.229 e. The number of benzene rings is 1. The minimum Gasteiger partial charge on any atom is -0.342 e. The van der Waals surface area contributed by atoms with Gasteiger partial charge in [0.05, 0.1) is 16.0 Å². The highest BCUT2D eigenvalue weighted by Crippen LogP contribution is 2.29. The number of thioether (sulfide) groups is 1. The fourth-order valence-electron chi connectivity index (χ4n) is 2.60. The molecule has 5 heteroatoms. The molecule has 0 bridgehead atoms. The Morgan fingerprint density at radius 2 is 2.20 bits per heavy atom. The van der Waals surface area contributed by atoms with Gasteiger partial charge in [0.25, 0.3) is 0 Å². The van der Waals surface area contributed by atoms with Gasteiger partial charge in [0, 0.05) is 13.1 Å². The van der Waals surface area contributed by atoms with Crippen molar-refractivity contribution in [1.29, 1.82) is 0 Å². The first-order valence-corrected chi connectivity index (χ1v) is 8.90. The van der Waals surface area contributed by atoms with Gasteiger partial charge in [0.1, 0.15) is 0 Å². The van der Waals surface area contributed by atoms with Crippen molar-refractivity contribution in [2.45, 2.75) is 19.3 Å². The summed E-state index contributed by atoms with van der Waals surface area (Å²) in [6.07, 6.45) is 3.23. The number of hydrogen-bond acceptors (Lipinski definition) is 2. The van der Waals surface area contributed by atoms with Crippen molar-refractivity contribution in [3.8, 4) is 0 Å². The summed E-state index contributed by atoms with van der Waals surface area (Å²) in [5.41, 5.74) is 0.928. The molecule has 0 N–H and O–H groups in total. The molecule has 1 aromatic rings. The van der Waals surface area contributed by atoms with Crippen LogP contribution >= 0.6 is 35.0 Å². The van der Waals surface area contributed by atoms with E-state index in [1.165, 1.54) is 0 Å². The Hall–Kier alpha value is -0.380. The van der Waals surface area contributed by atoms with Crippen molar-refractivity contribution in [2.75, 3.05) is 25.1 Å². The summed E-state index contributed by atoms with van der Waals surface area (Å²) in [4.78, 5) is 14.5. The lowest BCUT2D eigenvalue weighted by molar-refractivity contribution is -0.131. The fraction of sp³-hybridized carbons (Fsp3) is 0.533. The standard InChI is InChI=1S/C15H19Cl2NOS/c1-10(12-3-4-13(16)14(17)7-12)15(19)18-6-5-11(8-18)9-20-2/h3-4,7,10-11H,5-6,8-9H2,1-2H3/t10-,11-/m0/s1. The average molecular weight is 332 g/mol. The number of carbonyl (C=O) groups excluding carboxylic acids is 1. The van der Waals surface area contributed by atoms with E-state index in [1.54, 1.807) is 12.1 Å². The minimum absolute atomic E-state index is 0.169. The molecule has 1 saturated heterocycles. The molecule has 0 spiro atoms. The van der Waals surface area contributed by atoms with E-state index in [0.29, 0.717) is 16.0 Å². The van der Waals surface area contributed by atoms with Crippen LogP contribution < -0.4 is 0 Å². The Kier molecular flexibility index (Phi) is 5.65. The second-order valence-corrected chi connectivity index (χ2v) is 7.01. The van der Waals surface area contributed by atoms with E-state index in [2.05, 4.69) is 6.26 Å². The van der Waals surface area contributed by atoms with Gasteiger partial charge in [-0.15, -0.1) is 0 Å². The molecule has 110 valence electrons. The summed E-state index contributed by atoms with van der Waals surface area (Å²) < 4.78 is 0. The van der Waals surface area contributed by atoms with Crippen LogP contribution in [0.25, 0.3) is 0 Å². The van der Waals surface area contributed by atoms with Crippen LogP contribution in [0.15, 0.2) is 18.2 Å². The second kappa shape index (κ2) is 7.06. The summed E-state index contributed by atoms with van der Waals surface area (Å²) in [6.45, 7) is 3.69. The first-order chi connectivity index (χ1) is 9.52. The monoisotopic (exact) mass is 331 g/mol. The smallest absolute Gasteiger partial charge is 0.229 e. The number of nitrogens with zero attached hydrogens (tertiary/aromatic N) is 1. The summed E-state index contributed by atoms with van der Waals surface area (Å²) in [5, 5.41) is 1.03. The van der Waals surface area contributed by atoms with Gasteiger partial charge in [-0.25, -0.2) is 0 Å². The van der Waals surface area contributed by atoms with Gasteiger partial charge in [0.15, 0.2) is 0 Å². The van der Waals surface area contributed by atoms with E-state index in [4.69, 9.17) is 23.2 Å². The molecule has 1 heterocycles. The zero-order valence-corrected chi connectivity index (χ0v) is 14.1.